The first kappa shape index (κ1) is 15.6. The van der Waals surface area contributed by atoms with E-state index in [0.717, 1.165) is 0 Å². The SMILES string of the molecule is O=C([O-])c1ccc2cc(C(=O)[O-])ccc2c1.[NH4+].[NH4+]. The van der Waals surface area contributed by atoms with Gasteiger partial charge in [0.2, 0.25) is 0 Å². The van der Waals surface area contributed by atoms with Gasteiger partial charge in [0.1, 0.15) is 0 Å². The van der Waals surface area contributed by atoms with Gasteiger partial charge >= 0.3 is 0 Å². The molecule has 18 heavy (non-hydrogen) atoms. The van der Waals surface area contributed by atoms with Gasteiger partial charge in [-0.3, -0.25) is 0 Å². The molecule has 0 fully saturated rings. The molecule has 0 aliphatic carbocycles. The molecule has 0 aromatic heterocycles. The van der Waals surface area contributed by atoms with Crippen LogP contribution in [-0.2, 0) is 0 Å². The van der Waals surface area contributed by atoms with Crippen LogP contribution in [0.15, 0.2) is 36.4 Å². The van der Waals surface area contributed by atoms with Crippen LogP contribution in [0.25, 0.3) is 10.8 Å². The van der Waals surface area contributed by atoms with Crippen LogP contribution in [0.1, 0.15) is 20.7 Å². The lowest BCUT2D eigenvalue weighted by atomic mass is 10.0. The summed E-state index contributed by atoms with van der Waals surface area (Å²) in [4.78, 5) is 21.2. The van der Waals surface area contributed by atoms with Crippen LogP contribution in [0, 0.1) is 0 Å². The van der Waals surface area contributed by atoms with Gasteiger partial charge in [0.05, 0.1) is 11.9 Å². The van der Waals surface area contributed by atoms with E-state index in [1.807, 2.05) is 0 Å². The lowest BCUT2D eigenvalue weighted by molar-refractivity contribution is -0.256. The minimum absolute atomic E-state index is 0. The molecule has 96 valence electrons. The van der Waals surface area contributed by atoms with Gasteiger partial charge in [-0.25, -0.2) is 0 Å². The predicted molar refractivity (Wildman–Crippen MR) is 64.6 cm³/mol. The molecule has 0 aliphatic rings. The first-order valence-electron chi connectivity index (χ1n) is 4.54. The van der Waals surface area contributed by atoms with Gasteiger partial charge in [0.25, 0.3) is 0 Å². The Kier molecular flexibility index (Phi) is 4.98. The fraction of sp³-hybridized carbons (Fsp3) is 0. The molecule has 0 heterocycles. The number of benzene rings is 2. The van der Waals surface area contributed by atoms with E-state index in [4.69, 9.17) is 0 Å². The van der Waals surface area contributed by atoms with Crippen molar-refractivity contribution in [1.82, 2.24) is 12.3 Å². The van der Waals surface area contributed by atoms with Crippen molar-refractivity contribution in [3.8, 4) is 0 Å². The van der Waals surface area contributed by atoms with E-state index in [1.54, 1.807) is 0 Å². The number of carbonyl (C=O) groups excluding carboxylic acids is 2. The molecule has 0 spiro atoms. The zero-order valence-corrected chi connectivity index (χ0v) is 10.1. The number of carboxylic acid groups (broad SMARTS) is 2. The second-order valence-corrected chi connectivity index (χ2v) is 3.35. The fourth-order valence-electron chi connectivity index (χ4n) is 1.50. The van der Waals surface area contributed by atoms with Crippen LogP contribution >= 0.6 is 0 Å². The summed E-state index contributed by atoms with van der Waals surface area (Å²) >= 11 is 0. The number of hydrogen-bond acceptors (Lipinski definition) is 4. The quantitative estimate of drug-likeness (QED) is 0.787. The highest BCUT2D eigenvalue weighted by Gasteiger charge is 1.99. The van der Waals surface area contributed by atoms with Crippen LogP contribution in [0.4, 0.5) is 0 Å². The molecule has 0 bridgehead atoms. The molecule has 6 heteroatoms. The van der Waals surface area contributed by atoms with E-state index >= 15 is 0 Å². The van der Waals surface area contributed by atoms with Crippen molar-refractivity contribution in [1.29, 1.82) is 0 Å². The Labute approximate surface area is 103 Å². The van der Waals surface area contributed by atoms with Crippen LogP contribution in [0.2, 0.25) is 0 Å². The highest BCUT2D eigenvalue weighted by molar-refractivity contribution is 5.97. The molecule has 0 unspecified atom stereocenters. The monoisotopic (exact) mass is 250 g/mol. The summed E-state index contributed by atoms with van der Waals surface area (Å²) in [7, 11) is 0. The summed E-state index contributed by atoms with van der Waals surface area (Å²) in [5.74, 6) is -2.52. The molecular weight excluding hydrogens is 236 g/mol. The molecule has 8 N–H and O–H groups in total. The maximum atomic E-state index is 10.6. The molecule has 0 saturated heterocycles. The minimum Gasteiger partial charge on any atom is -0.545 e. The van der Waals surface area contributed by atoms with E-state index in [1.165, 1.54) is 36.4 Å². The molecule has 2 rings (SSSR count). The Morgan fingerprint density at radius 1 is 0.722 bits per heavy atom. The summed E-state index contributed by atoms with van der Waals surface area (Å²) < 4.78 is 0. The lowest BCUT2D eigenvalue weighted by Gasteiger charge is -2.07. The normalized spacial score (nSPS) is 9.11. The zero-order chi connectivity index (χ0) is 11.7. The Hall–Kier alpha value is -2.44. The molecule has 6 nitrogen and oxygen atoms in total. The number of hydrogen-bond donors (Lipinski definition) is 2. The molecule has 0 radical (unpaired) electrons. The molecule has 0 atom stereocenters. The highest BCUT2D eigenvalue weighted by atomic mass is 16.4. The van der Waals surface area contributed by atoms with E-state index in [0.29, 0.717) is 10.8 Å². The van der Waals surface area contributed by atoms with Crippen molar-refractivity contribution in [3.05, 3.63) is 47.5 Å². The maximum absolute atomic E-state index is 10.6. The van der Waals surface area contributed by atoms with Crippen LogP contribution in [-0.4, -0.2) is 11.9 Å². The predicted octanol–water partition coefficient (Wildman–Crippen LogP) is 0.319. The minimum atomic E-state index is -1.26. The standard InChI is InChI=1S/C12H8O4.2H3N/c13-11(14)9-3-1-7-5-10(12(15)16)4-2-8(7)6-9;;/h1-6H,(H,13,14)(H,15,16);2*1H3. The first-order chi connectivity index (χ1) is 7.58. The topological polar surface area (TPSA) is 153 Å². The average molecular weight is 250 g/mol. The van der Waals surface area contributed by atoms with Crippen molar-refractivity contribution < 1.29 is 19.8 Å². The molecule has 0 amide bonds. The maximum Gasteiger partial charge on any atom is 0.0715 e. The van der Waals surface area contributed by atoms with E-state index in [-0.39, 0.29) is 23.4 Å². The average Bonchev–Trinajstić information content (AvgIpc) is 2.27. The van der Waals surface area contributed by atoms with Gasteiger partial charge in [0, 0.05) is 0 Å². The number of quaternary nitrogens is 2. The second-order valence-electron chi connectivity index (χ2n) is 3.35. The Morgan fingerprint density at radius 2 is 1.06 bits per heavy atom. The molecule has 2 aromatic rings. The third kappa shape index (κ3) is 2.82. The molecule has 0 aliphatic heterocycles. The largest absolute Gasteiger partial charge is 0.545 e. The van der Waals surface area contributed by atoms with Gasteiger partial charge in [-0.1, -0.05) is 24.3 Å². The summed E-state index contributed by atoms with van der Waals surface area (Å²) in [5, 5.41) is 22.5. The van der Waals surface area contributed by atoms with Crippen molar-refractivity contribution in [2.45, 2.75) is 0 Å². The Bertz CT molecular complexity index is 542. The van der Waals surface area contributed by atoms with Crippen molar-refractivity contribution in [3.63, 3.8) is 0 Å². The van der Waals surface area contributed by atoms with Crippen LogP contribution < -0.4 is 22.5 Å². The lowest BCUT2D eigenvalue weighted by Crippen LogP contribution is -2.22. The van der Waals surface area contributed by atoms with Gasteiger partial charge in [-0.05, 0) is 34.0 Å². The highest BCUT2D eigenvalue weighted by Crippen LogP contribution is 2.17. The van der Waals surface area contributed by atoms with Crippen LogP contribution in [0.5, 0.6) is 0 Å². The van der Waals surface area contributed by atoms with E-state index in [2.05, 4.69) is 0 Å². The summed E-state index contributed by atoms with van der Waals surface area (Å²) in [5.41, 5.74) is 0.127. The number of carbonyl (C=O) groups is 2. The van der Waals surface area contributed by atoms with Crippen molar-refractivity contribution in [2.75, 3.05) is 0 Å². The van der Waals surface area contributed by atoms with Gasteiger partial charge < -0.3 is 32.1 Å². The third-order valence-electron chi connectivity index (χ3n) is 2.31. The van der Waals surface area contributed by atoms with Crippen LogP contribution in [0.3, 0.4) is 0 Å². The molecule has 0 saturated carbocycles. The molecular formula is C12H14N2O4. The summed E-state index contributed by atoms with van der Waals surface area (Å²) in [6, 6.07) is 8.68. The van der Waals surface area contributed by atoms with E-state index < -0.39 is 11.9 Å². The number of aromatic carboxylic acids is 2. The van der Waals surface area contributed by atoms with Gasteiger partial charge in [-0.15, -0.1) is 0 Å². The number of fused-ring (bicyclic) bond motifs is 1. The fourth-order valence-corrected chi connectivity index (χ4v) is 1.50. The van der Waals surface area contributed by atoms with Crippen molar-refractivity contribution in [2.24, 2.45) is 0 Å². The zero-order valence-electron chi connectivity index (χ0n) is 10.1. The smallest absolute Gasteiger partial charge is 0.0715 e. The Morgan fingerprint density at radius 3 is 1.33 bits per heavy atom. The van der Waals surface area contributed by atoms with Crippen molar-refractivity contribution >= 4 is 22.7 Å². The first-order valence-corrected chi connectivity index (χ1v) is 4.54. The third-order valence-corrected chi connectivity index (χ3v) is 2.31. The number of rotatable bonds is 2. The molecule has 2 aromatic carbocycles. The summed E-state index contributed by atoms with van der Waals surface area (Å²) in [6.07, 6.45) is 0. The van der Waals surface area contributed by atoms with E-state index in [9.17, 15) is 19.8 Å². The second kappa shape index (κ2) is 5.76. The van der Waals surface area contributed by atoms with Gasteiger partial charge in [0.15, 0.2) is 0 Å². The number of carboxylic acids is 2. The van der Waals surface area contributed by atoms with Gasteiger partial charge in [-0.2, -0.15) is 0 Å². The summed E-state index contributed by atoms with van der Waals surface area (Å²) in [6.45, 7) is 0. The Balaban J connectivity index is 0.00000144.